The number of fused-ring (bicyclic) bond motifs is 2. The van der Waals surface area contributed by atoms with E-state index >= 15 is 8.78 Å². The Labute approximate surface area is 196 Å². The molecule has 3 amide bonds. The fourth-order valence-electron chi connectivity index (χ4n) is 4.87. The Morgan fingerprint density at radius 3 is 2.50 bits per heavy atom. The van der Waals surface area contributed by atoms with Gasteiger partial charge in [-0.25, -0.2) is 13.6 Å². The second-order valence-electron chi connectivity index (χ2n) is 8.64. The highest BCUT2D eigenvalue weighted by Gasteiger charge is 2.50. The fraction of sp³-hybridized carbons (Fsp3) is 0.269. The van der Waals surface area contributed by atoms with Gasteiger partial charge in [-0.05, 0) is 43.5 Å². The third kappa shape index (κ3) is 3.73. The molecular formula is C26H22F2N4O2. The molecule has 2 heterocycles. The van der Waals surface area contributed by atoms with Crippen LogP contribution in [-0.2, 0) is 4.79 Å². The van der Waals surface area contributed by atoms with E-state index in [9.17, 15) is 9.59 Å². The minimum absolute atomic E-state index is 0.0433. The predicted molar refractivity (Wildman–Crippen MR) is 124 cm³/mol. The normalized spacial score (nSPS) is 21.9. The van der Waals surface area contributed by atoms with Gasteiger partial charge in [0.1, 0.15) is 12.4 Å². The van der Waals surface area contributed by atoms with Crippen molar-refractivity contribution >= 4 is 23.3 Å². The van der Waals surface area contributed by atoms with Crippen molar-refractivity contribution in [2.75, 3.05) is 18.6 Å². The van der Waals surface area contributed by atoms with Crippen molar-refractivity contribution < 1.29 is 18.4 Å². The second-order valence-corrected chi connectivity index (χ2v) is 8.64. The molecule has 1 saturated heterocycles. The molecule has 0 unspecified atom stereocenters. The van der Waals surface area contributed by atoms with Gasteiger partial charge in [0.2, 0.25) is 5.91 Å². The minimum Gasteiger partial charge on any atom is -0.323 e. The van der Waals surface area contributed by atoms with Gasteiger partial charge in [-0.15, -0.1) is 0 Å². The molecule has 172 valence electrons. The second kappa shape index (κ2) is 8.41. The number of hydrogen-bond donors (Lipinski definition) is 1. The summed E-state index contributed by atoms with van der Waals surface area (Å²) in [5, 5.41) is 2.32. The Morgan fingerprint density at radius 1 is 1.06 bits per heavy atom. The maximum Gasteiger partial charge on any atom is 0.324 e. The molecule has 0 bridgehead atoms. The van der Waals surface area contributed by atoms with Gasteiger partial charge in [-0.1, -0.05) is 30.0 Å². The highest BCUT2D eigenvalue weighted by molar-refractivity contribution is 6.08. The summed E-state index contributed by atoms with van der Waals surface area (Å²) in [5.74, 6) is 3.80. The quantitative estimate of drug-likeness (QED) is 0.656. The first-order valence-corrected chi connectivity index (χ1v) is 11.0. The Morgan fingerprint density at radius 2 is 1.76 bits per heavy atom. The van der Waals surface area contributed by atoms with Crippen LogP contribution in [0.25, 0.3) is 0 Å². The molecule has 0 radical (unpaired) electrons. The van der Waals surface area contributed by atoms with Crippen LogP contribution in [0.4, 0.5) is 19.3 Å². The van der Waals surface area contributed by atoms with E-state index < -0.39 is 23.2 Å². The first-order chi connectivity index (χ1) is 16.4. The number of rotatable bonds is 1. The Balaban J connectivity index is 1.51. The highest BCUT2D eigenvalue weighted by Crippen LogP contribution is 2.42. The molecule has 1 N–H and O–H groups in total. The number of urea groups is 1. The molecule has 2 aliphatic heterocycles. The average Bonchev–Trinajstić information content (AvgIpc) is 2.82. The van der Waals surface area contributed by atoms with Crippen LogP contribution in [0.5, 0.6) is 0 Å². The lowest BCUT2D eigenvalue weighted by Crippen LogP contribution is -2.64. The van der Waals surface area contributed by atoms with Crippen molar-refractivity contribution in [2.24, 2.45) is 4.99 Å². The van der Waals surface area contributed by atoms with E-state index in [4.69, 9.17) is 0 Å². The molecule has 5 rings (SSSR count). The number of halogens is 2. The Bertz CT molecular complexity index is 1290. The van der Waals surface area contributed by atoms with Crippen molar-refractivity contribution in [3.63, 3.8) is 0 Å². The van der Waals surface area contributed by atoms with Crippen LogP contribution >= 0.6 is 0 Å². The summed E-state index contributed by atoms with van der Waals surface area (Å²) < 4.78 is 30.2. The summed E-state index contributed by atoms with van der Waals surface area (Å²) in [7, 11) is 1.63. The number of likely N-dealkylation sites (N-methyl/N-ethyl adjacent to an activating group) is 1. The van der Waals surface area contributed by atoms with Crippen LogP contribution in [0, 0.1) is 23.5 Å². The molecular weight excluding hydrogens is 438 g/mol. The number of amides is 3. The first kappa shape index (κ1) is 21.8. The first-order valence-electron chi connectivity index (χ1n) is 11.0. The van der Waals surface area contributed by atoms with Gasteiger partial charge in [-0.3, -0.25) is 15.1 Å². The summed E-state index contributed by atoms with van der Waals surface area (Å²) >= 11 is 0. The zero-order chi connectivity index (χ0) is 23.9. The molecule has 6 nitrogen and oxygen atoms in total. The van der Waals surface area contributed by atoms with Gasteiger partial charge in [0.25, 0.3) is 0 Å². The number of nitrogens with zero attached hydrogens (tertiary/aromatic N) is 3. The maximum absolute atomic E-state index is 15.1. The molecule has 3 aliphatic rings. The van der Waals surface area contributed by atoms with Crippen molar-refractivity contribution in [2.45, 2.75) is 31.2 Å². The Hall–Kier alpha value is -3.99. The zero-order valence-corrected chi connectivity index (χ0v) is 18.6. The van der Waals surface area contributed by atoms with Crippen LogP contribution in [0.3, 0.4) is 0 Å². The number of carbonyl (C=O) groups is 2. The summed E-state index contributed by atoms with van der Waals surface area (Å²) in [6.07, 6.45) is 3.73. The van der Waals surface area contributed by atoms with Gasteiger partial charge in [-0.2, -0.15) is 0 Å². The van der Waals surface area contributed by atoms with E-state index in [1.54, 1.807) is 13.2 Å². The lowest BCUT2D eigenvalue weighted by Gasteiger charge is -2.49. The van der Waals surface area contributed by atoms with Crippen LogP contribution in [0.1, 0.15) is 36.8 Å². The molecule has 0 aromatic heterocycles. The van der Waals surface area contributed by atoms with Gasteiger partial charge >= 0.3 is 6.03 Å². The number of imide groups is 1. The van der Waals surface area contributed by atoms with Crippen molar-refractivity contribution in [3.05, 3.63) is 77.0 Å². The number of carbonyl (C=O) groups excluding carboxylic acids is 2. The SMILES string of the molecule is CN1C(=O)NC(=O)C[C@]12CCCC1=NCN(c3c(F)cc(C#Cc4ccccc4)cc3F)C=C12. The number of hydrogen-bond acceptors (Lipinski definition) is 4. The lowest BCUT2D eigenvalue weighted by molar-refractivity contribution is -0.124. The molecule has 2 aromatic carbocycles. The van der Waals surface area contributed by atoms with E-state index in [1.807, 2.05) is 30.3 Å². The van der Waals surface area contributed by atoms with E-state index in [1.165, 1.54) is 21.9 Å². The molecule has 1 saturated carbocycles. The topological polar surface area (TPSA) is 65.0 Å². The molecule has 1 aliphatic carbocycles. The average molecular weight is 460 g/mol. The molecule has 2 fully saturated rings. The Kier molecular flexibility index (Phi) is 5.40. The molecule has 8 heteroatoms. The summed E-state index contributed by atoms with van der Waals surface area (Å²) in [5.41, 5.74) is 1.26. The van der Waals surface area contributed by atoms with Crippen LogP contribution in [0.2, 0.25) is 0 Å². The molecule has 34 heavy (non-hydrogen) atoms. The van der Waals surface area contributed by atoms with Crippen molar-refractivity contribution in [1.29, 1.82) is 0 Å². The standard InChI is InChI=1S/C26H22F2N4O2/c1-31-25(34)30-23(33)14-26(31)11-5-8-22-19(26)15-32(16-29-22)24-20(27)12-18(13-21(24)28)10-9-17-6-3-2-4-7-17/h2-4,6-7,12-13,15H,5,8,11,14,16H2,1H3,(H,30,33,34)/t26-/m0/s1. The summed E-state index contributed by atoms with van der Waals surface area (Å²) in [6, 6.07) is 11.1. The monoisotopic (exact) mass is 460 g/mol. The number of anilines is 1. The largest absolute Gasteiger partial charge is 0.324 e. The minimum atomic E-state index is -0.886. The van der Waals surface area contributed by atoms with Crippen molar-refractivity contribution in [3.8, 4) is 11.8 Å². The maximum atomic E-state index is 15.1. The van der Waals surface area contributed by atoms with Crippen molar-refractivity contribution in [1.82, 2.24) is 10.2 Å². The smallest absolute Gasteiger partial charge is 0.323 e. The number of aliphatic imine (C=N–C) groups is 1. The lowest BCUT2D eigenvalue weighted by atomic mass is 9.72. The van der Waals surface area contributed by atoms with Gasteiger partial charge in [0, 0.05) is 35.7 Å². The molecule has 1 atom stereocenters. The third-order valence-corrected chi connectivity index (χ3v) is 6.59. The third-order valence-electron chi connectivity index (χ3n) is 6.59. The summed E-state index contributed by atoms with van der Waals surface area (Å²) in [4.78, 5) is 32.1. The van der Waals surface area contributed by atoms with Gasteiger partial charge in [0.05, 0.1) is 12.0 Å². The van der Waals surface area contributed by atoms with Crippen LogP contribution in [0.15, 0.2) is 59.2 Å². The molecule has 1 spiro atoms. The predicted octanol–water partition coefficient (Wildman–Crippen LogP) is 3.96. The number of benzene rings is 2. The summed E-state index contributed by atoms with van der Waals surface area (Å²) in [6.45, 7) is 0.0433. The highest BCUT2D eigenvalue weighted by atomic mass is 19.1. The van der Waals surface area contributed by atoms with Crippen LogP contribution < -0.4 is 10.2 Å². The fourth-order valence-corrected chi connectivity index (χ4v) is 4.87. The van der Waals surface area contributed by atoms with E-state index in [2.05, 4.69) is 22.2 Å². The van der Waals surface area contributed by atoms with Gasteiger partial charge in [0.15, 0.2) is 11.6 Å². The molecule has 2 aromatic rings. The number of nitrogens with one attached hydrogen (secondary N) is 1. The van der Waals surface area contributed by atoms with E-state index in [0.717, 1.165) is 17.7 Å². The van der Waals surface area contributed by atoms with E-state index in [0.29, 0.717) is 18.4 Å². The van der Waals surface area contributed by atoms with Crippen LogP contribution in [-0.4, -0.2) is 41.8 Å². The zero-order valence-electron chi connectivity index (χ0n) is 18.6. The van der Waals surface area contributed by atoms with Gasteiger partial charge < -0.3 is 9.80 Å². The van der Waals surface area contributed by atoms with E-state index in [-0.39, 0.29) is 30.2 Å².